The molecule has 0 heterocycles. The summed E-state index contributed by atoms with van der Waals surface area (Å²) in [6, 6.07) is 0. The zero-order valence-electron chi connectivity index (χ0n) is 42.5. The van der Waals surface area contributed by atoms with Crippen LogP contribution in [-0.2, 0) is 28.6 Å². The second kappa shape index (κ2) is 53.2. The fraction of sp³-hybridized carbons (Fsp3) is 0.712. The number of esters is 3. The van der Waals surface area contributed by atoms with Crippen LogP contribution in [0.15, 0.2) is 85.1 Å². The van der Waals surface area contributed by atoms with Gasteiger partial charge in [0.25, 0.3) is 0 Å². The highest BCUT2D eigenvalue weighted by atomic mass is 16.6. The Morgan fingerprint density at radius 1 is 0.338 bits per heavy atom. The third-order valence-electron chi connectivity index (χ3n) is 11.4. The number of hydrogen-bond donors (Lipinski definition) is 0. The van der Waals surface area contributed by atoms with E-state index in [1.165, 1.54) is 96.3 Å². The average molecular weight is 905 g/mol. The zero-order chi connectivity index (χ0) is 47.2. The highest BCUT2D eigenvalue weighted by molar-refractivity contribution is 5.71. The first-order valence-electron chi connectivity index (χ1n) is 27.1. The summed E-state index contributed by atoms with van der Waals surface area (Å²) in [5, 5.41) is 0. The summed E-state index contributed by atoms with van der Waals surface area (Å²) < 4.78 is 16.8. The maximum Gasteiger partial charge on any atom is 0.306 e. The number of hydrogen-bond acceptors (Lipinski definition) is 6. The molecule has 0 aromatic heterocycles. The molecule has 0 aromatic rings. The van der Waals surface area contributed by atoms with Crippen LogP contribution in [0.2, 0.25) is 0 Å². The van der Waals surface area contributed by atoms with Crippen LogP contribution in [0.1, 0.15) is 252 Å². The lowest BCUT2D eigenvalue weighted by Crippen LogP contribution is -2.30. The maximum absolute atomic E-state index is 12.8. The molecule has 0 aliphatic heterocycles. The van der Waals surface area contributed by atoms with Crippen molar-refractivity contribution in [1.29, 1.82) is 0 Å². The smallest absolute Gasteiger partial charge is 0.306 e. The molecule has 0 amide bonds. The molecule has 6 nitrogen and oxygen atoms in total. The normalized spacial score (nSPS) is 12.7. The first-order chi connectivity index (χ1) is 32.0. The van der Waals surface area contributed by atoms with Crippen molar-refractivity contribution in [2.45, 2.75) is 258 Å². The Morgan fingerprint density at radius 3 is 1.09 bits per heavy atom. The molecule has 0 rings (SSSR count). The molecule has 372 valence electrons. The van der Waals surface area contributed by atoms with Gasteiger partial charge in [0.05, 0.1) is 0 Å². The number of unbranched alkanes of at least 4 members (excludes halogenated alkanes) is 26. The van der Waals surface area contributed by atoms with Gasteiger partial charge in [0.1, 0.15) is 13.2 Å². The molecule has 0 saturated heterocycles. The molecule has 0 aliphatic rings. The van der Waals surface area contributed by atoms with Crippen molar-refractivity contribution in [3.8, 4) is 0 Å². The third-order valence-corrected chi connectivity index (χ3v) is 11.4. The molecule has 6 heteroatoms. The molecule has 65 heavy (non-hydrogen) atoms. The van der Waals surface area contributed by atoms with Gasteiger partial charge in [0.15, 0.2) is 6.10 Å². The van der Waals surface area contributed by atoms with Crippen LogP contribution in [0.5, 0.6) is 0 Å². The Morgan fingerprint density at radius 2 is 0.662 bits per heavy atom. The minimum atomic E-state index is -0.795. The van der Waals surface area contributed by atoms with Gasteiger partial charge in [-0.15, -0.1) is 0 Å². The summed E-state index contributed by atoms with van der Waals surface area (Å²) in [5.74, 6) is -0.931. The van der Waals surface area contributed by atoms with Gasteiger partial charge >= 0.3 is 17.9 Å². The van der Waals surface area contributed by atoms with Gasteiger partial charge in [-0.25, -0.2) is 0 Å². The van der Waals surface area contributed by atoms with Gasteiger partial charge in [0.2, 0.25) is 0 Å². The molecule has 0 aromatic carbocycles. The molecule has 0 spiro atoms. The van der Waals surface area contributed by atoms with Crippen LogP contribution in [0.3, 0.4) is 0 Å². The maximum atomic E-state index is 12.8. The quantitative estimate of drug-likeness (QED) is 0.0199. The number of ether oxygens (including phenoxy) is 3. The lowest BCUT2D eigenvalue weighted by atomic mass is 10.1. The largest absolute Gasteiger partial charge is 0.462 e. The first-order valence-corrected chi connectivity index (χ1v) is 27.1. The summed E-state index contributed by atoms with van der Waals surface area (Å²) >= 11 is 0. The molecular weight excluding hydrogens is 805 g/mol. The molecule has 0 bridgehead atoms. The van der Waals surface area contributed by atoms with Crippen LogP contribution in [0.25, 0.3) is 0 Å². The molecule has 0 N–H and O–H groups in total. The lowest BCUT2D eigenvalue weighted by Gasteiger charge is -2.18. The van der Waals surface area contributed by atoms with Crippen molar-refractivity contribution in [2.24, 2.45) is 0 Å². The Kier molecular flexibility index (Phi) is 50.4. The summed E-state index contributed by atoms with van der Waals surface area (Å²) in [6.45, 7) is 6.46. The van der Waals surface area contributed by atoms with Gasteiger partial charge in [-0.3, -0.25) is 14.4 Å². The number of rotatable bonds is 48. The van der Waals surface area contributed by atoms with E-state index in [4.69, 9.17) is 14.2 Å². The summed E-state index contributed by atoms with van der Waals surface area (Å²) in [5.41, 5.74) is 0. The molecule has 0 fully saturated rings. The zero-order valence-corrected chi connectivity index (χ0v) is 42.5. The van der Waals surface area contributed by atoms with E-state index in [-0.39, 0.29) is 31.1 Å². The van der Waals surface area contributed by atoms with Gasteiger partial charge in [-0.2, -0.15) is 0 Å². The van der Waals surface area contributed by atoms with Crippen LogP contribution in [0.4, 0.5) is 0 Å². The predicted octanol–water partition coefficient (Wildman–Crippen LogP) is 18.0. The Hall–Kier alpha value is -3.41. The lowest BCUT2D eigenvalue weighted by molar-refractivity contribution is -0.167. The summed E-state index contributed by atoms with van der Waals surface area (Å²) in [4.78, 5) is 38.1. The van der Waals surface area contributed by atoms with Crippen molar-refractivity contribution >= 4 is 17.9 Å². The topological polar surface area (TPSA) is 78.9 Å². The van der Waals surface area contributed by atoms with Crippen molar-refractivity contribution in [3.05, 3.63) is 85.1 Å². The molecule has 1 atom stereocenters. The molecule has 0 radical (unpaired) electrons. The van der Waals surface area contributed by atoms with Crippen LogP contribution in [0, 0.1) is 0 Å². The van der Waals surface area contributed by atoms with Gasteiger partial charge in [0, 0.05) is 19.3 Å². The third kappa shape index (κ3) is 51.4. The number of carbonyl (C=O) groups excluding carboxylic acids is 3. The fourth-order valence-electron chi connectivity index (χ4n) is 7.35. The molecule has 0 saturated carbocycles. The standard InChI is InChI=1S/C59H100O6/c1-4-7-10-13-16-19-22-25-28-29-30-32-34-37-40-43-46-49-52-58(61)64-55-56(54-63-57(60)51-48-45-42-39-36-33-27-24-21-18-15-12-9-6-3)65-59(62)53-50-47-44-41-38-35-31-26-23-20-17-14-11-8-5-2/h9,12,17-18,20-23,25-26,28-30,32,56H,4-8,10-11,13-16,19,24,27,31,33-55H2,1-3H3/b12-9-,20-17-,21-18-,25-22-,26-23-,29-28-,32-30-. The van der Waals surface area contributed by atoms with Gasteiger partial charge < -0.3 is 14.2 Å². The SMILES string of the molecule is CC/C=C\C/C=C\CCCCCCCCCC(=O)OCC(COC(=O)CCCCCCC\C=C/C=C\C=C/CCCCCCC)OC(=O)CCCCCCCC/C=C\C=C/CCCCC. The van der Waals surface area contributed by atoms with E-state index in [1.807, 2.05) is 0 Å². The minimum absolute atomic E-state index is 0.0928. The van der Waals surface area contributed by atoms with Gasteiger partial charge in [-0.05, 0) is 96.3 Å². The second-order valence-electron chi connectivity index (χ2n) is 17.8. The van der Waals surface area contributed by atoms with Gasteiger partial charge in [-0.1, -0.05) is 221 Å². The molecular formula is C59H100O6. The molecule has 1 unspecified atom stereocenters. The van der Waals surface area contributed by atoms with Crippen LogP contribution < -0.4 is 0 Å². The Balaban J connectivity index is 4.45. The monoisotopic (exact) mass is 905 g/mol. The summed E-state index contributed by atoms with van der Waals surface area (Å²) in [6.07, 6.45) is 68.4. The first kappa shape index (κ1) is 61.6. The van der Waals surface area contributed by atoms with Crippen molar-refractivity contribution in [2.75, 3.05) is 13.2 Å². The van der Waals surface area contributed by atoms with Crippen LogP contribution >= 0.6 is 0 Å². The van der Waals surface area contributed by atoms with Crippen molar-refractivity contribution in [1.82, 2.24) is 0 Å². The minimum Gasteiger partial charge on any atom is -0.462 e. The van der Waals surface area contributed by atoms with E-state index in [9.17, 15) is 14.4 Å². The van der Waals surface area contributed by atoms with E-state index in [2.05, 4.69) is 106 Å². The van der Waals surface area contributed by atoms with Crippen LogP contribution in [-0.4, -0.2) is 37.2 Å². The Bertz CT molecular complexity index is 1270. The summed E-state index contributed by atoms with van der Waals surface area (Å²) in [7, 11) is 0. The molecule has 0 aliphatic carbocycles. The second-order valence-corrected chi connectivity index (χ2v) is 17.8. The average Bonchev–Trinajstić information content (AvgIpc) is 3.30. The van der Waals surface area contributed by atoms with E-state index < -0.39 is 6.10 Å². The van der Waals surface area contributed by atoms with E-state index in [1.54, 1.807) is 0 Å². The predicted molar refractivity (Wildman–Crippen MR) is 279 cm³/mol. The number of carbonyl (C=O) groups is 3. The fourth-order valence-corrected chi connectivity index (χ4v) is 7.35. The highest BCUT2D eigenvalue weighted by Crippen LogP contribution is 2.14. The Labute approximate surface area is 401 Å². The van der Waals surface area contributed by atoms with E-state index >= 15 is 0 Å². The van der Waals surface area contributed by atoms with Crippen molar-refractivity contribution < 1.29 is 28.6 Å². The van der Waals surface area contributed by atoms with E-state index in [0.29, 0.717) is 19.3 Å². The highest BCUT2D eigenvalue weighted by Gasteiger charge is 2.19. The van der Waals surface area contributed by atoms with Crippen molar-refractivity contribution in [3.63, 3.8) is 0 Å². The van der Waals surface area contributed by atoms with E-state index in [0.717, 1.165) is 116 Å². The number of allylic oxidation sites excluding steroid dienone is 14.